The highest BCUT2D eigenvalue weighted by atomic mass is 16.5. The Morgan fingerprint density at radius 3 is 2.56 bits per heavy atom. The predicted molar refractivity (Wildman–Crippen MR) is 60.7 cm³/mol. The van der Waals surface area contributed by atoms with Crippen LogP contribution in [0.15, 0.2) is 0 Å². The van der Waals surface area contributed by atoms with Gasteiger partial charge in [-0.1, -0.05) is 13.3 Å². The van der Waals surface area contributed by atoms with Crippen LogP contribution in [0.5, 0.6) is 0 Å². The third kappa shape index (κ3) is 1.74. The van der Waals surface area contributed by atoms with Crippen LogP contribution in [0.25, 0.3) is 0 Å². The van der Waals surface area contributed by atoms with Crippen molar-refractivity contribution in [2.75, 3.05) is 13.2 Å². The summed E-state index contributed by atoms with van der Waals surface area (Å²) in [4.78, 5) is 0. The minimum atomic E-state index is -0.758. The van der Waals surface area contributed by atoms with Gasteiger partial charge < -0.3 is 9.84 Å². The highest BCUT2D eigenvalue weighted by Crippen LogP contribution is 2.51. The van der Waals surface area contributed by atoms with E-state index in [4.69, 9.17) is 4.74 Å². The molecule has 0 aromatic carbocycles. The molecule has 0 bridgehead atoms. The van der Waals surface area contributed by atoms with Crippen molar-refractivity contribution in [1.29, 1.82) is 5.26 Å². The lowest BCUT2D eigenvalue weighted by atomic mass is 9.66. The van der Waals surface area contributed by atoms with Gasteiger partial charge in [-0.2, -0.15) is 5.26 Å². The Morgan fingerprint density at radius 1 is 1.38 bits per heavy atom. The second kappa shape index (κ2) is 4.35. The standard InChI is InChI=1S/C13H21NO2/c1-2-11-3-4-13(15,9-11)12(10-14)5-7-16-8-6-12/h11,15H,2-9H2,1H3. The number of ether oxygens (including phenoxy) is 1. The van der Waals surface area contributed by atoms with E-state index in [-0.39, 0.29) is 0 Å². The molecule has 1 N–H and O–H groups in total. The molecule has 0 amide bonds. The first-order valence-electron chi connectivity index (χ1n) is 6.37. The lowest BCUT2D eigenvalue weighted by Crippen LogP contribution is -2.49. The van der Waals surface area contributed by atoms with Crippen LogP contribution in [0.3, 0.4) is 0 Å². The molecule has 16 heavy (non-hydrogen) atoms. The molecule has 90 valence electrons. The normalized spacial score (nSPS) is 38.2. The number of hydrogen-bond donors (Lipinski definition) is 1. The van der Waals surface area contributed by atoms with Crippen molar-refractivity contribution in [2.24, 2.45) is 11.3 Å². The SMILES string of the molecule is CCC1CCC(O)(C2(C#N)CCOCC2)C1. The summed E-state index contributed by atoms with van der Waals surface area (Å²) in [5.41, 5.74) is -1.30. The fraction of sp³-hybridized carbons (Fsp3) is 0.923. The minimum absolute atomic E-state index is 0.546. The molecule has 2 fully saturated rings. The van der Waals surface area contributed by atoms with Crippen molar-refractivity contribution in [3.05, 3.63) is 0 Å². The smallest absolute Gasteiger partial charge is 0.0903 e. The lowest BCUT2D eigenvalue weighted by molar-refractivity contribution is -0.101. The van der Waals surface area contributed by atoms with E-state index in [1.54, 1.807) is 0 Å². The quantitative estimate of drug-likeness (QED) is 0.781. The average Bonchev–Trinajstić information content (AvgIpc) is 2.74. The monoisotopic (exact) mass is 223 g/mol. The van der Waals surface area contributed by atoms with Crippen LogP contribution in [0.1, 0.15) is 45.4 Å². The topological polar surface area (TPSA) is 53.2 Å². The van der Waals surface area contributed by atoms with Crippen molar-refractivity contribution in [1.82, 2.24) is 0 Å². The molecular formula is C13H21NO2. The molecule has 3 heteroatoms. The number of rotatable bonds is 2. The van der Waals surface area contributed by atoms with E-state index < -0.39 is 11.0 Å². The van der Waals surface area contributed by atoms with E-state index in [0.717, 1.165) is 25.7 Å². The molecule has 1 heterocycles. The summed E-state index contributed by atoms with van der Waals surface area (Å²) in [6.07, 6.45) is 5.15. The second-order valence-electron chi connectivity index (χ2n) is 5.35. The summed E-state index contributed by atoms with van der Waals surface area (Å²) in [7, 11) is 0. The van der Waals surface area contributed by atoms with Crippen LogP contribution >= 0.6 is 0 Å². The third-order valence-electron chi connectivity index (χ3n) is 4.62. The fourth-order valence-electron chi connectivity index (χ4n) is 3.31. The first-order chi connectivity index (χ1) is 7.66. The maximum absolute atomic E-state index is 10.8. The molecule has 1 aliphatic carbocycles. The Labute approximate surface area is 97.4 Å². The van der Waals surface area contributed by atoms with E-state index in [9.17, 15) is 10.4 Å². The van der Waals surface area contributed by atoms with E-state index in [2.05, 4.69) is 13.0 Å². The van der Waals surface area contributed by atoms with Gasteiger partial charge >= 0.3 is 0 Å². The molecule has 0 aromatic rings. The molecule has 0 aromatic heterocycles. The van der Waals surface area contributed by atoms with Gasteiger partial charge in [-0.25, -0.2) is 0 Å². The molecule has 1 aliphatic heterocycles. The van der Waals surface area contributed by atoms with Gasteiger partial charge in [-0.05, 0) is 38.0 Å². The van der Waals surface area contributed by atoms with Crippen LogP contribution in [0.4, 0.5) is 0 Å². The molecule has 0 spiro atoms. The zero-order chi connectivity index (χ0) is 11.6. The summed E-state index contributed by atoms with van der Waals surface area (Å²) in [6.45, 7) is 3.40. The third-order valence-corrected chi connectivity index (χ3v) is 4.62. The van der Waals surface area contributed by atoms with Gasteiger partial charge in [-0.3, -0.25) is 0 Å². The van der Waals surface area contributed by atoms with Gasteiger partial charge in [0, 0.05) is 13.2 Å². The van der Waals surface area contributed by atoms with E-state index >= 15 is 0 Å². The molecule has 0 radical (unpaired) electrons. The first kappa shape index (κ1) is 11.9. The summed E-state index contributed by atoms with van der Waals surface area (Å²) in [5, 5.41) is 20.3. The maximum Gasteiger partial charge on any atom is 0.0903 e. The molecule has 2 atom stereocenters. The van der Waals surface area contributed by atoms with Gasteiger partial charge in [0.15, 0.2) is 0 Å². The van der Waals surface area contributed by atoms with Crippen molar-refractivity contribution >= 4 is 0 Å². The lowest BCUT2D eigenvalue weighted by Gasteiger charge is -2.42. The fourth-order valence-corrected chi connectivity index (χ4v) is 3.31. The largest absolute Gasteiger partial charge is 0.388 e. The van der Waals surface area contributed by atoms with Crippen LogP contribution in [-0.4, -0.2) is 23.9 Å². The number of hydrogen-bond acceptors (Lipinski definition) is 3. The number of aliphatic hydroxyl groups is 1. The summed E-state index contributed by atoms with van der Waals surface area (Å²) in [5.74, 6) is 0.595. The van der Waals surface area contributed by atoms with Crippen molar-refractivity contribution in [3.8, 4) is 6.07 Å². The zero-order valence-electron chi connectivity index (χ0n) is 10.0. The van der Waals surface area contributed by atoms with E-state index in [1.807, 2.05) is 0 Å². The molecule has 1 saturated carbocycles. The Balaban J connectivity index is 2.18. The van der Waals surface area contributed by atoms with Gasteiger partial charge in [0.25, 0.3) is 0 Å². The predicted octanol–water partition coefficient (Wildman–Crippen LogP) is 2.25. The summed E-state index contributed by atoms with van der Waals surface area (Å²) in [6, 6.07) is 2.41. The Bertz CT molecular complexity index is 291. The average molecular weight is 223 g/mol. The zero-order valence-corrected chi connectivity index (χ0v) is 10.0. The van der Waals surface area contributed by atoms with Gasteiger partial charge in [0.2, 0.25) is 0 Å². The van der Waals surface area contributed by atoms with Gasteiger partial charge in [-0.15, -0.1) is 0 Å². The van der Waals surface area contributed by atoms with Crippen LogP contribution in [0.2, 0.25) is 0 Å². The van der Waals surface area contributed by atoms with Crippen LogP contribution in [0, 0.1) is 22.7 Å². The van der Waals surface area contributed by atoms with Crippen molar-refractivity contribution in [3.63, 3.8) is 0 Å². The molecular weight excluding hydrogens is 202 g/mol. The Hall–Kier alpha value is -0.590. The highest BCUT2D eigenvalue weighted by molar-refractivity contribution is 5.14. The summed E-state index contributed by atoms with van der Waals surface area (Å²) >= 11 is 0. The van der Waals surface area contributed by atoms with Gasteiger partial charge in [0.05, 0.1) is 17.1 Å². The Kier molecular flexibility index (Phi) is 3.23. The highest BCUT2D eigenvalue weighted by Gasteiger charge is 2.54. The molecule has 2 aliphatic rings. The van der Waals surface area contributed by atoms with Crippen LogP contribution in [-0.2, 0) is 4.74 Å². The second-order valence-corrected chi connectivity index (χ2v) is 5.35. The molecule has 3 nitrogen and oxygen atoms in total. The van der Waals surface area contributed by atoms with Gasteiger partial charge in [0.1, 0.15) is 0 Å². The number of nitriles is 1. The molecule has 1 saturated heterocycles. The molecule has 2 rings (SSSR count). The Morgan fingerprint density at radius 2 is 2.06 bits per heavy atom. The van der Waals surface area contributed by atoms with E-state index in [1.165, 1.54) is 0 Å². The maximum atomic E-state index is 10.8. The first-order valence-corrected chi connectivity index (χ1v) is 6.37. The minimum Gasteiger partial charge on any atom is -0.388 e. The van der Waals surface area contributed by atoms with Crippen molar-refractivity contribution < 1.29 is 9.84 Å². The summed E-state index contributed by atoms with van der Waals surface area (Å²) < 4.78 is 5.32. The van der Waals surface area contributed by atoms with Crippen LogP contribution < -0.4 is 0 Å². The number of nitrogens with zero attached hydrogens (tertiary/aromatic N) is 1. The van der Waals surface area contributed by atoms with Crippen molar-refractivity contribution in [2.45, 2.75) is 51.0 Å². The molecule has 2 unspecified atom stereocenters. The van der Waals surface area contributed by atoms with E-state index in [0.29, 0.717) is 32.0 Å².